The number of aromatic nitrogens is 1. The van der Waals surface area contributed by atoms with Crippen LogP contribution in [0, 0.1) is 0 Å². The summed E-state index contributed by atoms with van der Waals surface area (Å²) in [6, 6.07) is 7.20. The predicted octanol–water partition coefficient (Wildman–Crippen LogP) is 2.40. The van der Waals surface area contributed by atoms with Crippen molar-refractivity contribution in [1.29, 1.82) is 0 Å². The van der Waals surface area contributed by atoms with Gasteiger partial charge in [0.1, 0.15) is 5.75 Å². The van der Waals surface area contributed by atoms with E-state index < -0.39 is 11.9 Å². The summed E-state index contributed by atoms with van der Waals surface area (Å²) >= 11 is 0. The fraction of sp³-hybridized carbons (Fsp3) is 0.278. The fourth-order valence-electron chi connectivity index (χ4n) is 2.80. The van der Waals surface area contributed by atoms with E-state index >= 15 is 0 Å². The van der Waals surface area contributed by atoms with Crippen molar-refractivity contribution in [3.8, 4) is 16.9 Å². The van der Waals surface area contributed by atoms with Crippen LogP contribution in [-0.2, 0) is 4.79 Å². The standard InChI is InChI=1S/C18H18N2O4/c1-20(2)17(21)13-7-12(9-19-10-13)11-3-4-16-15(8-11)14(18(22)23)5-6-24-16/h3-4,7-10,14H,5-6H2,1-2H3,(H,22,23). The summed E-state index contributed by atoms with van der Waals surface area (Å²) in [4.78, 5) is 29.2. The summed E-state index contributed by atoms with van der Waals surface area (Å²) < 4.78 is 5.55. The molecule has 0 spiro atoms. The number of carboxylic acids is 1. The number of amides is 1. The fourth-order valence-corrected chi connectivity index (χ4v) is 2.80. The zero-order valence-electron chi connectivity index (χ0n) is 13.5. The minimum Gasteiger partial charge on any atom is -0.493 e. The summed E-state index contributed by atoms with van der Waals surface area (Å²) in [6.45, 7) is 0.400. The zero-order valence-corrected chi connectivity index (χ0v) is 13.5. The van der Waals surface area contributed by atoms with Gasteiger partial charge < -0.3 is 14.7 Å². The van der Waals surface area contributed by atoms with Crippen LogP contribution in [0.4, 0.5) is 0 Å². The molecule has 6 heteroatoms. The Morgan fingerprint density at radius 3 is 2.71 bits per heavy atom. The molecule has 2 aromatic rings. The number of hydrogen-bond donors (Lipinski definition) is 1. The van der Waals surface area contributed by atoms with Crippen LogP contribution < -0.4 is 4.74 Å². The molecule has 24 heavy (non-hydrogen) atoms. The molecular weight excluding hydrogens is 308 g/mol. The van der Waals surface area contributed by atoms with Gasteiger partial charge in [-0.1, -0.05) is 6.07 Å². The average Bonchev–Trinajstić information content (AvgIpc) is 2.60. The Morgan fingerprint density at radius 2 is 2.00 bits per heavy atom. The molecule has 0 bridgehead atoms. The second-order valence-electron chi connectivity index (χ2n) is 5.94. The Hall–Kier alpha value is -2.89. The van der Waals surface area contributed by atoms with E-state index in [1.807, 2.05) is 12.1 Å². The summed E-state index contributed by atoms with van der Waals surface area (Å²) in [5.74, 6) is -0.959. The quantitative estimate of drug-likeness (QED) is 0.937. The molecule has 1 aliphatic rings. The lowest BCUT2D eigenvalue weighted by Crippen LogP contribution is -2.22. The molecule has 124 valence electrons. The van der Waals surface area contributed by atoms with Gasteiger partial charge in [0.05, 0.1) is 18.1 Å². The van der Waals surface area contributed by atoms with Crippen molar-refractivity contribution in [3.05, 3.63) is 47.8 Å². The van der Waals surface area contributed by atoms with E-state index in [0.717, 1.165) is 11.1 Å². The highest BCUT2D eigenvalue weighted by atomic mass is 16.5. The summed E-state index contributed by atoms with van der Waals surface area (Å²) in [5, 5.41) is 9.41. The third kappa shape index (κ3) is 2.95. The first kappa shape index (κ1) is 16.0. The minimum absolute atomic E-state index is 0.131. The highest BCUT2D eigenvalue weighted by molar-refractivity contribution is 5.94. The number of pyridine rings is 1. The van der Waals surface area contributed by atoms with Gasteiger partial charge in [0.25, 0.3) is 5.91 Å². The molecule has 1 aromatic carbocycles. The van der Waals surface area contributed by atoms with E-state index in [9.17, 15) is 14.7 Å². The number of carbonyl (C=O) groups excluding carboxylic acids is 1. The van der Waals surface area contributed by atoms with Crippen LogP contribution in [0.5, 0.6) is 5.75 Å². The van der Waals surface area contributed by atoms with Crippen LogP contribution in [0.2, 0.25) is 0 Å². The maximum atomic E-state index is 12.1. The van der Waals surface area contributed by atoms with Crippen molar-refractivity contribution >= 4 is 11.9 Å². The largest absolute Gasteiger partial charge is 0.493 e. The second kappa shape index (κ2) is 6.31. The molecule has 0 aliphatic carbocycles. The van der Waals surface area contributed by atoms with E-state index in [-0.39, 0.29) is 5.91 Å². The maximum absolute atomic E-state index is 12.1. The first-order chi connectivity index (χ1) is 11.5. The SMILES string of the molecule is CN(C)C(=O)c1cncc(-c2ccc3c(c2)C(C(=O)O)CCO3)c1. The number of carbonyl (C=O) groups is 2. The van der Waals surface area contributed by atoms with Crippen LogP contribution in [0.1, 0.15) is 28.3 Å². The van der Waals surface area contributed by atoms with Crippen molar-refractivity contribution in [3.63, 3.8) is 0 Å². The first-order valence-corrected chi connectivity index (χ1v) is 7.64. The highest BCUT2D eigenvalue weighted by Crippen LogP contribution is 2.36. The van der Waals surface area contributed by atoms with Crippen molar-refractivity contribution < 1.29 is 19.4 Å². The predicted molar refractivity (Wildman–Crippen MR) is 88.2 cm³/mol. The highest BCUT2D eigenvalue weighted by Gasteiger charge is 2.27. The number of rotatable bonds is 3. The number of fused-ring (bicyclic) bond motifs is 1. The Bertz CT molecular complexity index is 801. The van der Waals surface area contributed by atoms with E-state index in [0.29, 0.717) is 29.9 Å². The number of aliphatic carboxylic acids is 1. The lowest BCUT2D eigenvalue weighted by Gasteiger charge is -2.23. The molecule has 1 aliphatic heterocycles. The Morgan fingerprint density at radius 1 is 1.21 bits per heavy atom. The third-order valence-electron chi connectivity index (χ3n) is 4.07. The maximum Gasteiger partial charge on any atom is 0.311 e. The van der Waals surface area contributed by atoms with Crippen LogP contribution in [0.15, 0.2) is 36.7 Å². The zero-order chi connectivity index (χ0) is 17.3. The third-order valence-corrected chi connectivity index (χ3v) is 4.07. The lowest BCUT2D eigenvalue weighted by molar-refractivity contribution is -0.139. The number of nitrogens with zero attached hydrogens (tertiary/aromatic N) is 2. The van der Waals surface area contributed by atoms with Gasteiger partial charge in [-0.05, 0) is 30.2 Å². The molecule has 1 N–H and O–H groups in total. The molecular formula is C18H18N2O4. The lowest BCUT2D eigenvalue weighted by atomic mass is 9.90. The van der Waals surface area contributed by atoms with Crippen molar-refractivity contribution in [2.45, 2.75) is 12.3 Å². The van der Waals surface area contributed by atoms with Gasteiger partial charge in [-0.3, -0.25) is 14.6 Å². The Labute approximate surface area is 139 Å². The first-order valence-electron chi connectivity index (χ1n) is 7.64. The monoisotopic (exact) mass is 326 g/mol. The molecule has 1 atom stereocenters. The molecule has 1 amide bonds. The van der Waals surface area contributed by atoms with E-state index in [1.54, 1.807) is 32.4 Å². The molecule has 0 fully saturated rings. The van der Waals surface area contributed by atoms with E-state index in [1.165, 1.54) is 11.1 Å². The molecule has 0 saturated carbocycles. The molecule has 2 heterocycles. The second-order valence-corrected chi connectivity index (χ2v) is 5.94. The van der Waals surface area contributed by atoms with Crippen molar-refractivity contribution in [2.24, 2.45) is 0 Å². The normalized spacial score (nSPS) is 16.0. The van der Waals surface area contributed by atoms with Crippen molar-refractivity contribution in [1.82, 2.24) is 9.88 Å². The van der Waals surface area contributed by atoms with Crippen LogP contribution >= 0.6 is 0 Å². The van der Waals surface area contributed by atoms with Crippen molar-refractivity contribution in [2.75, 3.05) is 20.7 Å². The average molecular weight is 326 g/mol. The van der Waals surface area contributed by atoms with Gasteiger partial charge in [0.2, 0.25) is 0 Å². The van der Waals surface area contributed by atoms with Gasteiger partial charge in [-0.15, -0.1) is 0 Å². The number of hydrogen-bond acceptors (Lipinski definition) is 4. The van der Waals surface area contributed by atoms with E-state index in [4.69, 9.17) is 4.74 Å². The summed E-state index contributed by atoms with van der Waals surface area (Å²) in [7, 11) is 3.37. The Kier molecular flexibility index (Phi) is 4.20. The Balaban J connectivity index is 2.02. The molecule has 6 nitrogen and oxygen atoms in total. The van der Waals surface area contributed by atoms with Crippen LogP contribution in [0.25, 0.3) is 11.1 Å². The smallest absolute Gasteiger partial charge is 0.311 e. The minimum atomic E-state index is -0.855. The van der Waals surface area contributed by atoms with Gasteiger partial charge >= 0.3 is 5.97 Å². The van der Waals surface area contributed by atoms with Crippen LogP contribution in [-0.4, -0.2) is 47.6 Å². The number of benzene rings is 1. The molecule has 1 unspecified atom stereocenters. The van der Waals surface area contributed by atoms with Crippen LogP contribution in [0.3, 0.4) is 0 Å². The van der Waals surface area contributed by atoms with Gasteiger partial charge in [-0.2, -0.15) is 0 Å². The molecule has 0 radical (unpaired) electrons. The van der Waals surface area contributed by atoms with E-state index in [2.05, 4.69) is 4.98 Å². The van der Waals surface area contributed by atoms with Gasteiger partial charge in [-0.25, -0.2) is 0 Å². The number of ether oxygens (including phenoxy) is 1. The molecule has 1 aromatic heterocycles. The van der Waals surface area contributed by atoms with Gasteiger partial charge in [0.15, 0.2) is 0 Å². The topological polar surface area (TPSA) is 79.7 Å². The number of carboxylic acid groups (broad SMARTS) is 1. The molecule has 3 rings (SSSR count). The molecule has 0 saturated heterocycles. The van der Waals surface area contributed by atoms with Gasteiger partial charge in [0, 0.05) is 37.6 Å². The summed E-state index contributed by atoms with van der Waals surface area (Å²) in [5.41, 5.74) is 2.73. The summed E-state index contributed by atoms with van der Waals surface area (Å²) in [6.07, 6.45) is 3.63.